The predicted octanol–water partition coefficient (Wildman–Crippen LogP) is 2.12. The molecule has 0 spiro atoms. The van der Waals surface area contributed by atoms with Gasteiger partial charge in [-0.25, -0.2) is 9.98 Å². The Morgan fingerprint density at radius 3 is 2.32 bits per heavy atom. The maximum absolute atomic E-state index is 11.3. The van der Waals surface area contributed by atoms with Crippen molar-refractivity contribution in [1.82, 2.24) is 4.98 Å². The maximum Gasteiger partial charge on any atom is 0.307 e. The molecule has 1 aromatic carbocycles. The molecule has 1 aliphatic rings. The summed E-state index contributed by atoms with van der Waals surface area (Å²) in [6, 6.07) is 5.25. The van der Waals surface area contributed by atoms with Crippen LogP contribution in [0.3, 0.4) is 0 Å². The molecule has 0 saturated carbocycles. The lowest BCUT2D eigenvalue weighted by Crippen LogP contribution is -2.20. The van der Waals surface area contributed by atoms with Crippen LogP contribution >= 0.6 is 61.8 Å². The Labute approximate surface area is 166 Å². The van der Waals surface area contributed by atoms with Gasteiger partial charge in [0.25, 0.3) is 0 Å². The number of thiophene rings is 1. The highest BCUT2D eigenvalue weighted by molar-refractivity contribution is 9.10. The van der Waals surface area contributed by atoms with Gasteiger partial charge in [0.1, 0.15) is 0 Å². The molecule has 0 radical (unpaired) electrons. The van der Waals surface area contributed by atoms with Crippen LogP contribution in [0.1, 0.15) is 4.88 Å². The summed E-state index contributed by atoms with van der Waals surface area (Å²) in [6.45, 7) is 0. The first-order chi connectivity index (χ1) is 11.9. The van der Waals surface area contributed by atoms with Crippen LogP contribution in [0.4, 0.5) is 0 Å². The first kappa shape index (κ1) is 17.0. The van der Waals surface area contributed by atoms with Crippen LogP contribution in [0.25, 0.3) is 11.9 Å². The van der Waals surface area contributed by atoms with Crippen molar-refractivity contribution in [3.63, 3.8) is 0 Å². The monoisotopic (exact) mass is 473 g/mol. The van der Waals surface area contributed by atoms with Gasteiger partial charge in [-0.05, 0) is 40.2 Å². The smallest absolute Gasteiger partial charge is 0.307 e. The van der Waals surface area contributed by atoms with Crippen LogP contribution in [-0.4, -0.2) is 10.1 Å². The molecule has 0 amide bonds. The van der Waals surface area contributed by atoms with Crippen molar-refractivity contribution in [2.75, 3.05) is 0 Å². The second-order valence-electron chi connectivity index (χ2n) is 5.00. The van der Waals surface area contributed by atoms with Gasteiger partial charge in [-0.3, -0.25) is 9.78 Å². The number of H-pyrrole nitrogens is 1. The average Bonchev–Trinajstić information content (AvgIpc) is 3.19. The summed E-state index contributed by atoms with van der Waals surface area (Å²) in [5.74, 6) is 0.418. The molecule has 1 aliphatic heterocycles. The maximum atomic E-state index is 11.3. The van der Waals surface area contributed by atoms with Gasteiger partial charge in [0, 0.05) is 9.01 Å². The molecule has 2 N–H and O–H groups in total. The van der Waals surface area contributed by atoms with E-state index in [1.165, 1.54) is 11.3 Å². The molecule has 0 aliphatic carbocycles. The Hall–Kier alpha value is -1.45. The Morgan fingerprint density at radius 2 is 1.76 bits per heavy atom. The van der Waals surface area contributed by atoms with E-state index in [1.807, 2.05) is 6.07 Å². The highest BCUT2D eigenvalue weighted by Crippen LogP contribution is 2.19. The number of nitrogens with zero attached hydrogens (tertiary/aromatic N) is 2. The Morgan fingerprint density at radius 1 is 1.12 bits per heavy atom. The van der Waals surface area contributed by atoms with Crippen LogP contribution in [-0.2, 0) is 0 Å². The molecule has 126 valence electrons. The van der Waals surface area contributed by atoms with Gasteiger partial charge in [-0.1, -0.05) is 34.5 Å². The van der Waals surface area contributed by atoms with Crippen LogP contribution in [0.15, 0.2) is 37.5 Å². The summed E-state index contributed by atoms with van der Waals surface area (Å²) in [7, 11) is 0. The van der Waals surface area contributed by atoms with Gasteiger partial charge in [0.15, 0.2) is 5.82 Å². The average molecular weight is 475 g/mol. The molecule has 0 bridgehead atoms. The van der Waals surface area contributed by atoms with Crippen molar-refractivity contribution in [3.8, 4) is 5.88 Å². The Bertz CT molecular complexity index is 1280. The van der Waals surface area contributed by atoms with Gasteiger partial charge in [-0.15, -0.1) is 11.3 Å². The molecule has 0 atom stereocenters. The molecule has 0 fully saturated rings. The molecular formula is C15H6BrCl2N3O2S2. The fraction of sp³-hybridized carbons (Fsp3) is 0. The van der Waals surface area contributed by atoms with Gasteiger partial charge < -0.3 is 5.11 Å². The van der Waals surface area contributed by atoms with Crippen LogP contribution in [0, 0.1) is 0 Å². The van der Waals surface area contributed by atoms with Crippen molar-refractivity contribution in [2.24, 2.45) is 9.98 Å². The minimum atomic E-state index is -0.309. The zero-order valence-corrected chi connectivity index (χ0v) is 16.7. The van der Waals surface area contributed by atoms with Crippen molar-refractivity contribution >= 4 is 73.7 Å². The van der Waals surface area contributed by atoms with E-state index in [4.69, 9.17) is 23.2 Å². The number of rotatable bonds is 1. The number of halogens is 3. The summed E-state index contributed by atoms with van der Waals surface area (Å²) >= 11 is 17.9. The number of thiazole rings is 1. The van der Waals surface area contributed by atoms with Gasteiger partial charge in [-0.2, -0.15) is 0 Å². The molecule has 5 nitrogen and oxygen atoms in total. The van der Waals surface area contributed by atoms with Crippen molar-refractivity contribution in [2.45, 2.75) is 0 Å². The third kappa shape index (κ3) is 3.20. The molecule has 25 heavy (non-hydrogen) atoms. The van der Waals surface area contributed by atoms with Crippen LogP contribution in [0.2, 0.25) is 10.0 Å². The minimum Gasteiger partial charge on any atom is -0.493 e. The molecule has 4 rings (SSSR count). The van der Waals surface area contributed by atoms with Crippen molar-refractivity contribution in [1.29, 1.82) is 0 Å². The van der Waals surface area contributed by atoms with E-state index < -0.39 is 0 Å². The molecule has 0 unspecified atom stereocenters. The predicted molar refractivity (Wildman–Crippen MR) is 104 cm³/mol. The Balaban J connectivity index is 1.91. The normalized spacial score (nSPS) is 13.7. The number of benzene rings is 1. The van der Waals surface area contributed by atoms with Crippen LogP contribution < -0.4 is 24.7 Å². The first-order valence-electron chi connectivity index (χ1n) is 6.77. The first-order valence-corrected chi connectivity index (χ1v) is 9.95. The number of hydrogen-bond acceptors (Lipinski definition) is 6. The minimum absolute atomic E-state index is 0.142. The summed E-state index contributed by atoms with van der Waals surface area (Å²) in [4.78, 5) is 22.8. The van der Waals surface area contributed by atoms with E-state index in [2.05, 4.69) is 30.9 Å². The molecule has 0 saturated heterocycles. The second-order valence-corrected chi connectivity index (χ2v) is 8.76. The van der Waals surface area contributed by atoms with Gasteiger partial charge in [0.2, 0.25) is 5.88 Å². The number of fused-ring (bicyclic) bond motifs is 1. The standard InChI is InChI=1S/C15H6BrCl2N3O2S2/c16-5-1-11(24-10(5)4-12-14(22)21-15(23)25-12)13-19-8-2-6(17)7(18)3-9(8)20-13/h1-4,22H,(H,21,23). The van der Waals surface area contributed by atoms with E-state index in [1.54, 1.807) is 18.2 Å². The van der Waals surface area contributed by atoms with E-state index in [0.29, 0.717) is 31.5 Å². The number of aromatic nitrogens is 1. The zero-order chi connectivity index (χ0) is 17.7. The number of hydrogen-bond donors (Lipinski definition) is 2. The summed E-state index contributed by atoms with van der Waals surface area (Å²) in [5, 5.41) is 11.9. The lowest BCUT2D eigenvalue weighted by Gasteiger charge is -1.90. The second kappa shape index (κ2) is 6.37. The summed E-state index contributed by atoms with van der Waals surface area (Å²) < 4.78 is 2.49. The third-order valence-electron chi connectivity index (χ3n) is 3.32. The SMILES string of the molecule is O=c1[nH]c(O)c(C=c2sc(=C3N=c4cc(Cl)c(Cl)cc4=N3)cc2Br)s1. The number of aromatic amines is 1. The molecule has 10 heteroatoms. The molecule has 3 aromatic rings. The van der Waals surface area contributed by atoms with Crippen molar-refractivity contribution < 1.29 is 5.11 Å². The number of nitrogens with one attached hydrogen (secondary N) is 1. The van der Waals surface area contributed by atoms with Gasteiger partial charge in [0.05, 0.1) is 30.2 Å². The summed E-state index contributed by atoms with van der Waals surface area (Å²) in [6.07, 6.45) is 1.73. The molecule has 3 heterocycles. The van der Waals surface area contributed by atoms with Crippen LogP contribution in [0.5, 0.6) is 5.88 Å². The fourth-order valence-electron chi connectivity index (χ4n) is 2.21. The lowest BCUT2D eigenvalue weighted by molar-refractivity contribution is 0.455. The zero-order valence-electron chi connectivity index (χ0n) is 12.0. The quantitative estimate of drug-likeness (QED) is 0.566. The highest BCUT2D eigenvalue weighted by atomic mass is 79.9. The van der Waals surface area contributed by atoms with E-state index in [9.17, 15) is 9.90 Å². The largest absolute Gasteiger partial charge is 0.493 e. The Kier molecular flexibility index (Phi) is 4.33. The van der Waals surface area contributed by atoms with Crippen molar-refractivity contribution in [3.05, 3.63) is 67.0 Å². The van der Waals surface area contributed by atoms with E-state index in [0.717, 1.165) is 24.9 Å². The number of aromatic hydroxyl groups is 1. The van der Waals surface area contributed by atoms with E-state index in [-0.39, 0.29) is 10.8 Å². The molecular weight excluding hydrogens is 469 g/mol. The highest BCUT2D eigenvalue weighted by Gasteiger charge is 2.10. The van der Waals surface area contributed by atoms with Gasteiger partial charge >= 0.3 is 4.87 Å². The lowest BCUT2D eigenvalue weighted by atomic mass is 10.3. The fourth-order valence-corrected chi connectivity index (χ4v) is 4.94. The third-order valence-corrected chi connectivity index (χ3v) is 6.86. The molecule has 2 aromatic heterocycles. The topological polar surface area (TPSA) is 77.8 Å². The summed E-state index contributed by atoms with van der Waals surface area (Å²) in [5.41, 5.74) is 0. The van der Waals surface area contributed by atoms with E-state index >= 15 is 0 Å².